The molecule has 104 valence electrons. The van der Waals surface area contributed by atoms with Crippen LogP contribution >= 0.6 is 0 Å². The van der Waals surface area contributed by atoms with Crippen LogP contribution in [0.25, 0.3) is 10.8 Å². The Bertz CT molecular complexity index is 731. The maximum absolute atomic E-state index is 3.88. The van der Waals surface area contributed by atoms with E-state index in [1.807, 2.05) is 12.1 Å². The molecule has 0 bridgehead atoms. The Morgan fingerprint density at radius 3 is 2.33 bits per heavy atom. The van der Waals surface area contributed by atoms with Crippen molar-refractivity contribution in [1.82, 2.24) is 0 Å². The summed E-state index contributed by atoms with van der Waals surface area (Å²) in [6, 6.07) is 25.7. The highest BCUT2D eigenvalue weighted by atomic mass is 14.9. The fourth-order valence-electron chi connectivity index (χ4n) is 2.61. The van der Waals surface area contributed by atoms with Crippen LogP contribution in [0.4, 0.5) is 5.69 Å². The molecular weight excluding hydrogens is 254 g/mol. The molecule has 1 unspecified atom stereocenters. The van der Waals surface area contributed by atoms with Gasteiger partial charge >= 0.3 is 0 Å². The van der Waals surface area contributed by atoms with E-state index in [1.54, 1.807) is 0 Å². The first-order valence-corrected chi connectivity index (χ1v) is 7.28. The van der Waals surface area contributed by atoms with Crippen LogP contribution < -0.4 is 5.32 Å². The van der Waals surface area contributed by atoms with Gasteiger partial charge in [0.2, 0.25) is 0 Å². The fourth-order valence-corrected chi connectivity index (χ4v) is 2.61. The van der Waals surface area contributed by atoms with Crippen molar-refractivity contribution in [3.8, 4) is 0 Å². The summed E-state index contributed by atoms with van der Waals surface area (Å²) >= 11 is 0. The van der Waals surface area contributed by atoms with Gasteiger partial charge in [0.1, 0.15) is 0 Å². The zero-order valence-corrected chi connectivity index (χ0v) is 12.0. The van der Waals surface area contributed by atoms with Gasteiger partial charge in [-0.1, -0.05) is 66.7 Å². The van der Waals surface area contributed by atoms with E-state index in [0.29, 0.717) is 0 Å². The Morgan fingerprint density at radius 2 is 1.57 bits per heavy atom. The summed E-state index contributed by atoms with van der Waals surface area (Å²) < 4.78 is 0. The third-order valence-electron chi connectivity index (χ3n) is 3.69. The Morgan fingerprint density at radius 1 is 0.857 bits per heavy atom. The molecular formula is C20H19N. The van der Waals surface area contributed by atoms with Crippen molar-refractivity contribution >= 4 is 16.5 Å². The minimum atomic E-state index is 0.255. The molecule has 1 nitrogen and oxygen atoms in total. The van der Waals surface area contributed by atoms with Gasteiger partial charge < -0.3 is 5.32 Å². The number of hydrogen-bond acceptors (Lipinski definition) is 1. The van der Waals surface area contributed by atoms with Gasteiger partial charge in [0, 0.05) is 5.69 Å². The Kier molecular flexibility index (Phi) is 4.02. The molecule has 0 aromatic heterocycles. The van der Waals surface area contributed by atoms with Crippen molar-refractivity contribution in [3.05, 3.63) is 91.0 Å². The molecule has 0 aliphatic carbocycles. The third kappa shape index (κ3) is 3.14. The predicted molar refractivity (Wildman–Crippen MR) is 91.6 cm³/mol. The summed E-state index contributed by atoms with van der Waals surface area (Å²) in [4.78, 5) is 0. The molecule has 21 heavy (non-hydrogen) atoms. The molecule has 3 aromatic rings. The monoisotopic (exact) mass is 273 g/mol. The van der Waals surface area contributed by atoms with E-state index in [0.717, 1.165) is 12.1 Å². The first-order valence-electron chi connectivity index (χ1n) is 7.28. The molecule has 0 spiro atoms. The van der Waals surface area contributed by atoms with Crippen molar-refractivity contribution in [1.29, 1.82) is 0 Å². The van der Waals surface area contributed by atoms with E-state index < -0.39 is 0 Å². The van der Waals surface area contributed by atoms with Gasteiger partial charge in [-0.05, 0) is 34.9 Å². The predicted octanol–water partition coefficient (Wildman–Crippen LogP) is 5.57. The zero-order valence-electron chi connectivity index (χ0n) is 12.0. The lowest BCUT2D eigenvalue weighted by atomic mass is 10.0. The fraction of sp³-hybridized carbons (Fsp3) is 0.100. The Hall–Kier alpha value is -2.54. The lowest BCUT2D eigenvalue weighted by molar-refractivity contribution is 0.799. The molecule has 0 aliphatic rings. The lowest BCUT2D eigenvalue weighted by Crippen LogP contribution is -2.09. The maximum atomic E-state index is 3.88. The van der Waals surface area contributed by atoms with Crippen molar-refractivity contribution in [2.75, 3.05) is 5.32 Å². The molecule has 1 heteroatoms. The summed E-state index contributed by atoms with van der Waals surface area (Å²) in [6.07, 6.45) is 2.86. The number of benzene rings is 3. The zero-order chi connectivity index (χ0) is 14.5. The van der Waals surface area contributed by atoms with Gasteiger partial charge in [-0.2, -0.15) is 0 Å². The van der Waals surface area contributed by atoms with E-state index in [9.17, 15) is 0 Å². The molecule has 0 aliphatic heterocycles. The quantitative estimate of drug-likeness (QED) is 0.599. The second kappa shape index (κ2) is 6.27. The van der Waals surface area contributed by atoms with Crippen LogP contribution in [0.15, 0.2) is 85.5 Å². The van der Waals surface area contributed by atoms with Crippen LogP contribution in [0.3, 0.4) is 0 Å². The first kappa shape index (κ1) is 13.4. The van der Waals surface area contributed by atoms with Gasteiger partial charge in [0.15, 0.2) is 0 Å². The van der Waals surface area contributed by atoms with Gasteiger partial charge in [-0.3, -0.25) is 0 Å². The maximum Gasteiger partial charge on any atom is 0.0548 e. The summed E-state index contributed by atoms with van der Waals surface area (Å²) in [5, 5.41) is 6.14. The SMILES string of the molecule is C=CCC(Nc1ccc2ccccc2c1)c1ccccc1. The second-order valence-corrected chi connectivity index (χ2v) is 5.19. The highest BCUT2D eigenvalue weighted by Gasteiger charge is 2.09. The van der Waals surface area contributed by atoms with Crippen LogP contribution in [0.5, 0.6) is 0 Å². The van der Waals surface area contributed by atoms with Crippen molar-refractivity contribution in [2.24, 2.45) is 0 Å². The molecule has 0 fully saturated rings. The van der Waals surface area contributed by atoms with Gasteiger partial charge in [-0.25, -0.2) is 0 Å². The normalized spacial score (nSPS) is 12.0. The summed E-state index contributed by atoms with van der Waals surface area (Å²) in [7, 11) is 0. The largest absolute Gasteiger partial charge is 0.378 e. The molecule has 0 amide bonds. The van der Waals surface area contributed by atoms with Crippen LogP contribution in [-0.4, -0.2) is 0 Å². The molecule has 3 rings (SSSR count). The number of hydrogen-bond donors (Lipinski definition) is 1. The van der Waals surface area contributed by atoms with E-state index >= 15 is 0 Å². The number of rotatable bonds is 5. The number of anilines is 1. The highest BCUT2D eigenvalue weighted by molar-refractivity contribution is 5.85. The smallest absolute Gasteiger partial charge is 0.0548 e. The number of nitrogens with one attached hydrogen (secondary N) is 1. The van der Waals surface area contributed by atoms with Crippen LogP contribution in [-0.2, 0) is 0 Å². The first-order chi connectivity index (χ1) is 10.4. The lowest BCUT2D eigenvalue weighted by Gasteiger charge is -2.19. The molecule has 0 radical (unpaired) electrons. The minimum absolute atomic E-state index is 0.255. The average molecular weight is 273 g/mol. The third-order valence-corrected chi connectivity index (χ3v) is 3.69. The minimum Gasteiger partial charge on any atom is -0.378 e. The molecule has 0 saturated carbocycles. The van der Waals surface area contributed by atoms with Crippen molar-refractivity contribution < 1.29 is 0 Å². The van der Waals surface area contributed by atoms with E-state index in [1.165, 1.54) is 16.3 Å². The number of fused-ring (bicyclic) bond motifs is 1. The van der Waals surface area contributed by atoms with Crippen LogP contribution in [0.2, 0.25) is 0 Å². The summed E-state index contributed by atoms with van der Waals surface area (Å²) in [6.45, 7) is 3.88. The van der Waals surface area contributed by atoms with Crippen LogP contribution in [0.1, 0.15) is 18.0 Å². The Balaban J connectivity index is 1.89. The molecule has 3 aromatic carbocycles. The van der Waals surface area contributed by atoms with Gasteiger partial charge in [0.25, 0.3) is 0 Å². The standard InChI is InChI=1S/C20H19N/c1-2-8-20(17-10-4-3-5-11-17)21-19-14-13-16-9-6-7-12-18(16)15-19/h2-7,9-15,20-21H,1,8H2. The molecule has 0 heterocycles. The van der Waals surface area contributed by atoms with E-state index in [2.05, 4.69) is 78.6 Å². The van der Waals surface area contributed by atoms with Crippen molar-refractivity contribution in [3.63, 3.8) is 0 Å². The molecule has 0 saturated heterocycles. The molecule has 1 atom stereocenters. The van der Waals surface area contributed by atoms with E-state index in [4.69, 9.17) is 0 Å². The van der Waals surface area contributed by atoms with Crippen molar-refractivity contribution in [2.45, 2.75) is 12.5 Å². The summed E-state index contributed by atoms with van der Waals surface area (Å²) in [5.74, 6) is 0. The van der Waals surface area contributed by atoms with Crippen LogP contribution in [0, 0.1) is 0 Å². The summed E-state index contributed by atoms with van der Waals surface area (Å²) in [5.41, 5.74) is 2.43. The van der Waals surface area contributed by atoms with Gasteiger partial charge in [0.05, 0.1) is 6.04 Å². The molecule has 1 N–H and O–H groups in total. The second-order valence-electron chi connectivity index (χ2n) is 5.19. The Labute approximate surface area is 125 Å². The topological polar surface area (TPSA) is 12.0 Å². The van der Waals surface area contributed by atoms with Gasteiger partial charge in [-0.15, -0.1) is 6.58 Å². The highest BCUT2D eigenvalue weighted by Crippen LogP contribution is 2.25. The van der Waals surface area contributed by atoms with E-state index in [-0.39, 0.29) is 6.04 Å². The average Bonchev–Trinajstić information content (AvgIpc) is 2.55.